The number of piperazine rings is 1. The average molecular weight is 422 g/mol. The van der Waals surface area contributed by atoms with Gasteiger partial charge < -0.3 is 19.9 Å². The Morgan fingerprint density at radius 3 is 2.62 bits per heavy atom. The molecule has 1 aromatic rings. The summed E-state index contributed by atoms with van der Waals surface area (Å²) in [6.07, 6.45) is 3.40. The molecule has 1 heterocycles. The van der Waals surface area contributed by atoms with Crippen LogP contribution in [0.5, 0.6) is 0 Å². The molecule has 0 unspecified atom stereocenters. The van der Waals surface area contributed by atoms with Crippen molar-refractivity contribution in [3.63, 3.8) is 0 Å². The van der Waals surface area contributed by atoms with Crippen molar-refractivity contribution in [2.24, 2.45) is 11.8 Å². The fourth-order valence-electron chi connectivity index (χ4n) is 4.24. The molecule has 3 atom stereocenters. The van der Waals surface area contributed by atoms with Crippen LogP contribution in [-0.4, -0.2) is 62.1 Å². The van der Waals surface area contributed by atoms with Crippen molar-refractivity contribution in [3.05, 3.63) is 29.3 Å². The Balaban J connectivity index is 1.35. The number of nitrogens with zero attached hydrogens (tertiary/aromatic N) is 2. The number of halogens is 1. The third-order valence-corrected chi connectivity index (χ3v) is 6.55. The highest BCUT2D eigenvalue weighted by molar-refractivity contribution is 6.30. The number of benzene rings is 1. The Bertz CT molecular complexity index is 706. The zero-order valence-electron chi connectivity index (χ0n) is 17.4. The molecule has 3 rings (SSSR count). The Hall–Kier alpha value is -1.79. The first-order valence-electron chi connectivity index (χ1n) is 10.6. The van der Waals surface area contributed by atoms with Crippen molar-refractivity contribution in [1.82, 2.24) is 10.2 Å². The quantitative estimate of drug-likeness (QED) is 0.767. The van der Waals surface area contributed by atoms with Crippen molar-refractivity contribution in [3.8, 4) is 0 Å². The lowest BCUT2D eigenvalue weighted by Crippen LogP contribution is -2.50. The highest BCUT2D eigenvalue weighted by atomic mass is 35.5. The van der Waals surface area contributed by atoms with Crippen LogP contribution < -0.4 is 10.2 Å². The minimum atomic E-state index is -0.130. The van der Waals surface area contributed by atoms with Crippen LogP contribution in [0.25, 0.3) is 0 Å². The molecule has 1 aromatic carbocycles. The molecule has 1 aliphatic carbocycles. The maximum atomic E-state index is 12.4. The van der Waals surface area contributed by atoms with Gasteiger partial charge in [-0.25, -0.2) is 0 Å². The van der Waals surface area contributed by atoms with Crippen molar-refractivity contribution in [2.45, 2.75) is 39.2 Å². The van der Waals surface area contributed by atoms with Gasteiger partial charge in [-0.3, -0.25) is 9.59 Å². The second kappa shape index (κ2) is 10.3. The molecule has 7 heteroatoms. The van der Waals surface area contributed by atoms with Gasteiger partial charge in [0.25, 0.3) is 0 Å². The number of rotatable bonds is 6. The first-order chi connectivity index (χ1) is 13.9. The van der Waals surface area contributed by atoms with Crippen LogP contribution in [-0.2, 0) is 14.3 Å². The molecule has 6 nitrogen and oxygen atoms in total. The molecule has 160 valence electrons. The second-order valence-corrected chi connectivity index (χ2v) is 8.72. The van der Waals surface area contributed by atoms with Crippen LogP contribution in [0.1, 0.15) is 33.1 Å². The van der Waals surface area contributed by atoms with Gasteiger partial charge in [-0.2, -0.15) is 0 Å². The Morgan fingerprint density at radius 2 is 1.90 bits per heavy atom. The van der Waals surface area contributed by atoms with Crippen LogP contribution in [0.2, 0.25) is 5.02 Å². The Kier molecular flexibility index (Phi) is 7.78. The molecule has 0 bridgehead atoms. The number of amides is 2. The maximum Gasteiger partial charge on any atom is 0.248 e. The summed E-state index contributed by atoms with van der Waals surface area (Å²) in [5.41, 5.74) is 1.07. The fraction of sp³-hybridized carbons (Fsp3) is 0.636. The standard InChI is InChI=1S/C22H32ClN3O3/c1-16-5-3-8-20(17(16)2)24-21(27)14-29-15-22(28)26-11-9-25(10-12-26)19-7-4-6-18(23)13-19/h4,6-7,13,16-17,20H,3,5,8-12,14-15H2,1-2H3,(H,24,27)/t16-,17-,20+/m1/s1. The van der Waals surface area contributed by atoms with E-state index in [0.29, 0.717) is 29.9 Å². The van der Waals surface area contributed by atoms with E-state index in [1.54, 1.807) is 4.90 Å². The van der Waals surface area contributed by atoms with E-state index in [-0.39, 0.29) is 31.1 Å². The molecule has 1 saturated carbocycles. The summed E-state index contributed by atoms with van der Waals surface area (Å²) in [6, 6.07) is 7.97. The van der Waals surface area contributed by atoms with Gasteiger partial charge in [0.05, 0.1) is 0 Å². The minimum Gasteiger partial charge on any atom is -0.368 e. The first kappa shape index (κ1) is 21.9. The van der Waals surface area contributed by atoms with Crippen molar-refractivity contribution in [2.75, 3.05) is 44.3 Å². The van der Waals surface area contributed by atoms with Gasteiger partial charge >= 0.3 is 0 Å². The molecule has 29 heavy (non-hydrogen) atoms. The van der Waals surface area contributed by atoms with Crippen LogP contribution >= 0.6 is 11.6 Å². The number of nitrogens with one attached hydrogen (secondary N) is 1. The van der Waals surface area contributed by atoms with Gasteiger partial charge in [0.1, 0.15) is 13.2 Å². The smallest absolute Gasteiger partial charge is 0.248 e. The van der Waals surface area contributed by atoms with Crippen molar-refractivity contribution in [1.29, 1.82) is 0 Å². The molecule has 1 N–H and O–H groups in total. The zero-order valence-corrected chi connectivity index (χ0v) is 18.2. The summed E-state index contributed by atoms with van der Waals surface area (Å²) in [5.74, 6) is 0.907. The van der Waals surface area contributed by atoms with E-state index in [9.17, 15) is 9.59 Å². The maximum absolute atomic E-state index is 12.4. The van der Waals surface area contributed by atoms with Crippen molar-refractivity contribution < 1.29 is 14.3 Å². The minimum absolute atomic E-state index is 0.0544. The number of carbonyl (C=O) groups is 2. The molecule has 0 aromatic heterocycles. The highest BCUT2D eigenvalue weighted by Gasteiger charge is 2.28. The fourth-order valence-corrected chi connectivity index (χ4v) is 4.43. The topological polar surface area (TPSA) is 61.9 Å². The summed E-state index contributed by atoms with van der Waals surface area (Å²) in [6.45, 7) is 7.10. The predicted molar refractivity (Wildman–Crippen MR) is 115 cm³/mol. The molecular formula is C22H32ClN3O3. The van der Waals surface area contributed by atoms with Gasteiger partial charge in [-0.15, -0.1) is 0 Å². The number of hydrogen-bond acceptors (Lipinski definition) is 4. The lowest BCUT2D eigenvalue weighted by Gasteiger charge is -2.36. The lowest BCUT2D eigenvalue weighted by atomic mass is 9.78. The summed E-state index contributed by atoms with van der Waals surface area (Å²) < 4.78 is 5.41. The molecule has 2 amide bonds. The average Bonchev–Trinajstić information content (AvgIpc) is 2.71. The second-order valence-electron chi connectivity index (χ2n) is 8.28. The summed E-state index contributed by atoms with van der Waals surface area (Å²) in [4.78, 5) is 28.6. The first-order valence-corrected chi connectivity index (χ1v) is 11.0. The van der Waals surface area contributed by atoms with E-state index in [1.807, 2.05) is 24.3 Å². The molecule has 1 saturated heterocycles. The normalized spacial score (nSPS) is 25.0. The summed E-state index contributed by atoms with van der Waals surface area (Å²) in [5, 5.41) is 3.79. The third kappa shape index (κ3) is 6.09. The monoisotopic (exact) mass is 421 g/mol. The van der Waals surface area contributed by atoms with E-state index in [1.165, 1.54) is 6.42 Å². The van der Waals surface area contributed by atoms with E-state index in [0.717, 1.165) is 31.6 Å². The van der Waals surface area contributed by atoms with E-state index >= 15 is 0 Å². The number of anilines is 1. The number of ether oxygens (including phenoxy) is 1. The summed E-state index contributed by atoms with van der Waals surface area (Å²) >= 11 is 6.06. The number of carbonyl (C=O) groups excluding carboxylic acids is 2. The third-order valence-electron chi connectivity index (χ3n) is 6.32. The highest BCUT2D eigenvalue weighted by Crippen LogP contribution is 2.29. The van der Waals surface area contributed by atoms with Crippen LogP contribution in [0.15, 0.2) is 24.3 Å². The van der Waals surface area contributed by atoms with Gasteiger partial charge in [-0.1, -0.05) is 44.4 Å². The molecular weight excluding hydrogens is 390 g/mol. The molecule has 0 spiro atoms. The molecule has 2 aliphatic rings. The summed E-state index contributed by atoms with van der Waals surface area (Å²) in [7, 11) is 0. The van der Waals surface area contributed by atoms with Crippen LogP contribution in [0, 0.1) is 11.8 Å². The van der Waals surface area contributed by atoms with Crippen molar-refractivity contribution >= 4 is 29.1 Å². The van der Waals surface area contributed by atoms with Gasteiger partial charge in [0.2, 0.25) is 11.8 Å². The lowest BCUT2D eigenvalue weighted by molar-refractivity contribution is -0.138. The van der Waals surface area contributed by atoms with E-state index in [2.05, 4.69) is 24.1 Å². The Morgan fingerprint density at radius 1 is 1.14 bits per heavy atom. The van der Waals surface area contributed by atoms with Crippen LogP contribution in [0.3, 0.4) is 0 Å². The predicted octanol–water partition coefficient (Wildman–Crippen LogP) is 2.95. The SMILES string of the molecule is C[C@@H]1[C@H](C)CCC[C@@H]1NC(=O)COCC(=O)N1CCN(c2cccc(Cl)c2)CC1. The largest absolute Gasteiger partial charge is 0.368 e. The molecule has 2 fully saturated rings. The molecule has 0 radical (unpaired) electrons. The van der Waals surface area contributed by atoms with Gasteiger partial charge in [0.15, 0.2) is 0 Å². The van der Waals surface area contributed by atoms with Crippen LogP contribution in [0.4, 0.5) is 5.69 Å². The van der Waals surface area contributed by atoms with E-state index in [4.69, 9.17) is 16.3 Å². The molecule has 1 aliphatic heterocycles. The zero-order chi connectivity index (χ0) is 20.8. The van der Waals surface area contributed by atoms with E-state index < -0.39 is 0 Å². The number of hydrogen-bond donors (Lipinski definition) is 1. The Labute approximate surface area is 178 Å². The van der Waals surface area contributed by atoms with Gasteiger partial charge in [0, 0.05) is 42.9 Å². The van der Waals surface area contributed by atoms with Gasteiger partial charge in [-0.05, 0) is 36.5 Å².